The average Bonchev–Trinajstić information content (AvgIpc) is 2.32. The molecule has 2 N–H and O–H groups in total. The first-order chi connectivity index (χ1) is 8.56. The van der Waals surface area contributed by atoms with Crippen LogP contribution >= 0.6 is 11.6 Å². The third-order valence-electron chi connectivity index (χ3n) is 2.95. The minimum Gasteiger partial charge on any atom is -0.489 e. The van der Waals surface area contributed by atoms with Gasteiger partial charge < -0.3 is 10.5 Å². The van der Waals surface area contributed by atoms with E-state index < -0.39 is 0 Å². The minimum absolute atomic E-state index is 0.446. The molecule has 0 aromatic heterocycles. The van der Waals surface area contributed by atoms with E-state index in [1.807, 2.05) is 24.3 Å². The van der Waals surface area contributed by atoms with Gasteiger partial charge in [-0.2, -0.15) is 0 Å². The first-order valence-corrected chi connectivity index (χ1v) is 6.18. The van der Waals surface area contributed by atoms with Crippen LogP contribution in [0.5, 0.6) is 5.75 Å². The Morgan fingerprint density at radius 1 is 1.06 bits per heavy atom. The van der Waals surface area contributed by atoms with Crippen molar-refractivity contribution in [3.05, 3.63) is 58.1 Å². The van der Waals surface area contributed by atoms with Gasteiger partial charge in [0.05, 0.1) is 0 Å². The SMILES string of the molecule is Cc1ccc(OCc2ccc(N)cc2Cl)cc1C. The van der Waals surface area contributed by atoms with Gasteiger partial charge in [-0.15, -0.1) is 0 Å². The zero-order valence-corrected chi connectivity index (χ0v) is 11.3. The Balaban J connectivity index is 2.09. The maximum absolute atomic E-state index is 6.09. The Labute approximate surface area is 112 Å². The number of ether oxygens (including phenoxy) is 1. The van der Waals surface area contributed by atoms with Gasteiger partial charge in [0.25, 0.3) is 0 Å². The van der Waals surface area contributed by atoms with Crippen molar-refractivity contribution < 1.29 is 4.74 Å². The van der Waals surface area contributed by atoms with Crippen molar-refractivity contribution in [2.45, 2.75) is 20.5 Å². The zero-order valence-electron chi connectivity index (χ0n) is 10.5. The van der Waals surface area contributed by atoms with Crippen molar-refractivity contribution in [1.82, 2.24) is 0 Å². The number of nitrogens with two attached hydrogens (primary N) is 1. The molecule has 0 aliphatic rings. The molecule has 0 aliphatic heterocycles. The Hall–Kier alpha value is -1.67. The zero-order chi connectivity index (χ0) is 13.1. The van der Waals surface area contributed by atoms with Crippen LogP contribution in [0.25, 0.3) is 0 Å². The van der Waals surface area contributed by atoms with E-state index in [0.717, 1.165) is 11.3 Å². The summed E-state index contributed by atoms with van der Waals surface area (Å²) in [6, 6.07) is 11.5. The summed E-state index contributed by atoms with van der Waals surface area (Å²) in [5.41, 5.74) is 9.72. The molecule has 0 saturated heterocycles. The van der Waals surface area contributed by atoms with E-state index in [1.165, 1.54) is 11.1 Å². The summed E-state index contributed by atoms with van der Waals surface area (Å²) >= 11 is 6.09. The smallest absolute Gasteiger partial charge is 0.120 e. The van der Waals surface area contributed by atoms with Crippen LogP contribution in [0.4, 0.5) is 5.69 Å². The summed E-state index contributed by atoms with van der Waals surface area (Å²) in [4.78, 5) is 0. The lowest BCUT2D eigenvalue weighted by atomic mass is 10.1. The molecule has 2 nitrogen and oxygen atoms in total. The lowest BCUT2D eigenvalue weighted by Crippen LogP contribution is -1.97. The highest BCUT2D eigenvalue weighted by Gasteiger charge is 2.03. The van der Waals surface area contributed by atoms with Gasteiger partial charge in [-0.05, 0) is 49.2 Å². The molecule has 94 valence electrons. The monoisotopic (exact) mass is 261 g/mol. The summed E-state index contributed by atoms with van der Waals surface area (Å²) in [6.07, 6.45) is 0. The fraction of sp³-hybridized carbons (Fsp3) is 0.200. The number of anilines is 1. The molecule has 0 heterocycles. The summed E-state index contributed by atoms with van der Waals surface area (Å²) in [6.45, 7) is 4.59. The van der Waals surface area contributed by atoms with Crippen LogP contribution < -0.4 is 10.5 Å². The van der Waals surface area contributed by atoms with Crippen LogP contribution in [0.15, 0.2) is 36.4 Å². The third kappa shape index (κ3) is 2.96. The van der Waals surface area contributed by atoms with E-state index >= 15 is 0 Å². The average molecular weight is 262 g/mol. The van der Waals surface area contributed by atoms with Gasteiger partial charge in [0.1, 0.15) is 12.4 Å². The number of rotatable bonds is 3. The van der Waals surface area contributed by atoms with E-state index in [9.17, 15) is 0 Å². The van der Waals surface area contributed by atoms with Crippen LogP contribution in [0, 0.1) is 13.8 Å². The summed E-state index contributed by atoms with van der Waals surface area (Å²) in [5, 5.41) is 0.638. The van der Waals surface area contributed by atoms with Gasteiger partial charge in [-0.25, -0.2) is 0 Å². The van der Waals surface area contributed by atoms with Crippen molar-refractivity contribution in [3.63, 3.8) is 0 Å². The number of aryl methyl sites for hydroxylation is 2. The second kappa shape index (κ2) is 5.32. The van der Waals surface area contributed by atoms with E-state index in [-0.39, 0.29) is 0 Å². The molecule has 2 aromatic rings. The largest absolute Gasteiger partial charge is 0.489 e. The lowest BCUT2D eigenvalue weighted by Gasteiger charge is -2.10. The fourth-order valence-corrected chi connectivity index (χ4v) is 1.89. The topological polar surface area (TPSA) is 35.2 Å². The molecular formula is C15H16ClNO. The van der Waals surface area contributed by atoms with Gasteiger partial charge in [-0.3, -0.25) is 0 Å². The van der Waals surface area contributed by atoms with Gasteiger partial charge in [0, 0.05) is 16.3 Å². The van der Waals surface area contributed by atoms with E-state index in [1.54, 1.807) is 6.07 Å². The van der Waals surface area contributed by atoms with Crippen LogP contribution in [0.3, 0.4) is 0 Å². The van der Waals surface area contributed by atoms with Gasteiger partial charge in [-0.1, -0.05) is 23.7 Å². The van der Waals surface area contributed by atoms with Crippen molar-refractivity contribution in [3.8, 4) is 5.75 Å². The third-order valence-corrected chi connectivity index (χ3v) is 3.30. The molecule has 2 aromatic carbocycles. The van der Waals surface area contributed by atoms with Gasteiger partial charge in [0.15, 0.2) is 0 Å². The molecule has 0 amide bonds. The number of nitrogen functional groups attached to an aromatic ring is 1. The minimum atomic E-state index is 0.446. The molecule has 18 heavy (non-hydrogen) atoms. The molecule has 0 radical (unpaired) electrons. The molecule has 0 fully saturated rings. The summed E-state index contributed by atoms with van der Waals surface area (Å²) in [7, 11) is 0. The maximum atomic E-state index is 6.09. The lowest BCUT2D eigenvalue weighted by molar-refractivity contribution is 0.306. The predicted octanol–water partition coefficient (Wildman–Crippen LogP) is 4.12. The fourth-order valence-electron chi connectivity index (χ4n) is 1.65. The van der Waals surface area contributed by atoms with Gasteiger partial charge in [0.2, 0.25) is 0 Å². The second-order valence-electron chi connectivity index (χ2n) is 4.39. The van der Waals surface area contributed by atoms with Crippen molar-refractivity contribution in [1.29, 1.82) is 0 Å². The summed E-state index contributed by atoms with van der Waals surface area (Å²) in [5.74, 6) is 0.853. The first kappa shape index (κ1) is 12.8. The molecule has 0 atom stereocenters. The number of hydrogen-bond acceptors (Lipinski definition) is 2. The molecule has 0 bridgehead atoms. The van der Waals surface area contributed by atoms with Crippen LogP contribution in [-0.4, -0.2) is 0 Å². The standard InChI is InChI=1S/C15H16ClNO/c1-10-3-6-14(7-11(10)2)18-9-12-4-5-13(17)8-15(12)16/h3-8H,9,17H2,1-2H3. The van der Waals surface area contributed by atoms with Crippen molar-refractivity contribution in [2.75, 3.05) is 5.73 Å². The highest BCUT2D eigenvalue weighted by Crippen LogP contribution is 2.22. The molecule has 3 heteroatoms. The van der Waals surface area contributed by atoms with Crippen molar-refractivity contribution >= 4 is 17.3 Å². The Morgan fingerprint density at radius 3 is 2.50 bits per heavy atom. The molecule has 0 unspecified atom stereocenters. The van der Waals surface area contributed by atoms with Crippen LogP contribution in [-0.2, 0) is 6.61 Å². The Kier molecular flexibility index (Phi) is 3.78. The highest BCUT2D eigenvalue weighted by atomic mass is 35.5. The molecular weight excluding hydrogens is 246 g/mol. The normalized spacial score (nSPS) is 10.4. The summed E-state index contributed by atoms with van der Waals surface area (Å²) < 4.78 is 5.72. The predicted molar refractivity (Wildman–Crippen MR) is 76.1 cm³/mol. The molecule has 2 rings (SSSR count). The quantitative estimate of drug-likeness (QED) is 0.844. The Morgan fingerprint density at radius 2 is 1.83 bits per heavy atom. The Bertz CT molecular complexity index is 566. The maximum Gasteiger partial charge on any atom is 0.120 e. The van der Waals surface area contributed by atoms with E-state index in [0.29, 0.717) is 17.3 Å². The van der Waals surface area contributed by atoms with Gasteiger partial charge >= 0.3 is 0 Å². The van der Waals surface area contributed by atoms with E-state index in [4.69, 9.17) is 22.1 Å². The molecule has 0 spiro atoms. The van der Waals surface area contributed by atoms with Crippen molar-refractivity contribution in [2.24, 2.45) is 0 Å². The number of benzene rings is 2. The molecule has 0 aliphatic carbocycles. The van der Waals surface area contributed by atoms with Crippen LogP contribution in [0.2, 0.25) is 5.02 Å². The number of halogens is 1. The molecule has 0 saturated carbocycles. The number of hydrogen-bond donors (Lipinski definition) is 1. The first-order valence-electron chi connectivity index (χ1n) is 5.80. The van der Waals surface area contributed by atoms with Crippen LogP contribution in [0.1, 0.15) is 16.7 Å². The highest BCUT2D eigenvalue weighted by molar-refractivity contribution is 6.31. The second-order valence-corrected chi connectivity index (χ2v) is 4.79. The van der Waals surface area contributed by atoms with E-state index in [2.05, 4.69) is 19.9 Å².